The Balaban J connectivity index is 1.37. The van der Waals surface area contributed by atoms with Crippen molar-refractivity contribution in [1.29, 1.82) is 0 Å². The molecule has 4 rings (SSSR count). The molecule has 0 bridgehead atoms. The number of fused-ring (bicyclic) bond motifs is 1. The summed E-state index contributed by atoms with van der Waals surface area (Å²) in [7, 11) is 1.58. The Morgan fingerprint density at radius 3 is 2.86 bits per heavy atom. The Labute approximate surface area is 161 Å². The summed E-state index contributed by atoms with van der Waals surface area (Å²) in [5.74, 6) is 1.39. The van der Waals surface area contributed by atoms with Gasteiger partial charge in [-0.05, 0) is 34.7 Å². The number of carbonyl (C=O) groups excluding carboxylic acids is 1. The fraction of sp³-hybridized carbons (Fsp3) is 0.444. The summed E-state index contributed by atoms with van der Waals surface area (Å²) in [6.45, 7) is 4.35. The summed E-state index contributed by atoms with van der Waals surface area (Å²) >= 11 is 0. The number of methoxy groups -OCH3 is 1. The molecule has 10 nitrogen and oxygen atoms in total. The van der Waals surface area contributed by atoms with Crippen LogP contribution in [0.5, 0.6) is 5.75 Å². The van der Waals surface area contributed by atoms with Crippen molar-refractivity contribution in [3.05, 3.63) is 42.7 Å². The topological polar surface area (TPSA) is 110 Å². The molecule has 1 amide bonds. The fourth-order valence-electron chi connectivity index (χ4n) is 3.45. The number of nitrogens with zero attached hydrogens (tertiary/aromatic N) is 4. The van der Waals surface area contributed by atoms with Gasteiger partial charge in [-0.15, -0.1) is 11.7 Å². The van der Waals surface area contributed by atoms with Crippen LogP contribution < -0.4 is 10.1 Å². The number of rotatable bonds is 6. The van der Waals surface area contributed by atoms with E-state index in [4.69, 9.17) is 18.9 Å². The van der Waals surface area contributed by atoms with Crippen molar-refractivity contribution < 1.29 is 23.7 Å². The second-order valence-electron chi connectivity index (χ2n) is 6.49. The average Bonchev–Trinajstić information content (AvgIpc) is 3.40. The van der Waals surface area contributed by atoms with E-state index >= 15 is 0 Å². The molecule has 28 heavy (non-hydrogen) atoms. The first-order chi connectivity index (χ1) is 13.7. The van der Waals surface area contributed by atoms with E-state index in [-0.39, 0.29) is 24.9 Å². The van der Waals surface area contributed by atoms with Crippen LogP contribution in [0, 0.1) is 0 Å². The number of allylic oxidation sites excluding steroid dienone is 1. The third kappa shape index (κ3) is 3.56. The Morgan fingerprint density at radius 1 is 1.32 bits per heavy atom. The Bertz CT molecular complexity index is 839. The predicted octanol–water partition coefficient (Wildman–Crippen LogP) is 1.37. The van der Waals surface area contributed by atoms with Crippen molar-refractivity contribution in [2.45, 2.75) is 30.8 Å². The van der Waals surface area contributed by atoms with Crippen molar-refractivity contribution in [3.8, 4) is 5.75 Å². The second-order valence-corrected chi connectivity index (χ2v) is 6.49. The van der Waals surface area contributed by atoms with Gasteiger partial charge in [-0.25, -0.2) is 9.48 Å². The van der Waals surface area contributed by atoms with Gasteiger partial charge < -0.3 is 18.9 Å². The van der Waals surface area contributed by atoms with Crippen LogP contribution in [0.3, 0.4) is 0 Å². The maximum Gasteiger partial charge on any atom is 0.412 e. The molecule has 0 spiro atoms. The molecule has 1 N–H and O–H groups in total. The quantitative estimate of drug-likeness (QED) is 0.740. The van der Waals surface area contributed by atoms with Crippen LogP contribution in [-0.4, -0.2) is 64.9 Å². The minimum atomic E-state index is -0.568. The first kappa shape index (κ1) is 18.4. The number of carbonyl (C=O) groups is 1. The van der Waals surface area contributed by atoms with Gasteiger partial charge in [0.15, 0.2) is 11.9 Å². The van der Waals surface area contributed by atoms with Crippen molar-refractivity contribution in [3.63, 3.8) is 0 Å². The lowest BCUT2D eigenvalue weighted by Gasteiger charge is -2.17. The molecule has 1 aromatic carbocycles. The summed E-state index contributed by atoms with van der Waals surface area (Å²) in [4.78, 5) is 12.2. The lowest BCUT2D eigenvalue weighted by Crippen LogP contribution is -2.35. The summed E-state index contributed by atoms with van der Waals surface area (Å²) in [5.41, 5.74) is 0.606. The van der Waals surface area contributed by atoms with E-state index in [0.29, 0.717) is 30.3 Å². The molecule has 2 aromatic rings. The monoisotopic (exact) mass is 387 g/mol. The molecule has 1 aromatic heterocycles. The van der Waals surface area contributed by atoms with Gasteiger partial charge in [0, 0.05) is 12.1 Å². The van der Waals surface area contributed by atoms with Crippen molar-refractivity contribution in [1.82, 2.24) is 20.2 Å². The number of aromatic nitrogens is 4. The largest absolute Gasteiger partial charge is 0.497 e. The van der Waals surface area contributed by atoms with Crippen LogP contribution in [0.2, 0.25) is 0 Å². The molecule has 2 aliphatic rings. The molecular weight excluding hydrogens is 366 g/mol. The van der Waals surface area contributed by atoms with Gasteiger partial charge in [0.1, 0.15) is 24.0 Å². The molecule has 10 heteroatoms. The summed E-state index contributed by atoms with van der Waals surface area (Å²) < 4.78 is 24.0. The number of tetrazole rings is 1. The highest BCUT2D eigenvalue weighted by Crippen LogP contribution is 2.35. The lowest BCUT2D eigenvalue weighted by molar-refractivity contribution is 0.00765. The van der Waals surface area contributed by atoms with Crippen LogP contribution in [0.1, 0.15) is 11.9 Å². The standard InChI is InChI=1S/C18H21N5O5/c1-3-4-15-20-21-22-23(15)13-9-26-17-14(10-27-16(13)17)28-18(24)19-11-5-7-12(25-2)8-6-11/h3,5-8,13-14,16-17H,1,4,9-10H2,2H3,(H,19,24). The average molecular weight is 387 g/mol. The number of benzene rings is 1. The molecule has 0 aliphatic carbocycles. The van der Waals surface area contributed by atoms with Gasteiger partial charge >= 0.3 is 6.09 Å². The maximum absolute atomic E-state index is 12.2. The molecule has 148 valence electrons. The zero-order valence-corrected chi connectivity index (χ0v) is 15.4. The highest BCUT2D eigenvalue weighted by molar-refractivity contribution is 5.84. The van der Waals surface area contributed by atoms with Crippen molar-refractivity contribution in [2.75, 3.05) is 25.6 Å². The summed E-state index contributed by atoms with van der Waals surface area (Å²) in [5, 5.41) is 14.5. The summed E-state index contributed by atoms with van der Waals surface area (Å²) in [6, 6.07) is 6.79. The molecule has 4 atom stereocenters. The highest BCUT2D eigenvalue weighted by atomic mass is 16.6. The van der Waals surface area contributed by atoms with Crippen LogP contribution in [-0.2, 0) is 20.6 Å². The van der Waals surface area contributed by atoms with E-state index < -0.39 is 12.2 Å². The molecule has 2 aliphatic heterocycles. The number of nitrogens with one attached hydrogen (secondary N) is 1. The minimum Gasteiger partial charge on any atom is -0.497 e. The van der Waals surface area contributed by atoms with Gasteiger partial charge in [-0.2, -0.15) is 0 Å². The van der Waals surface area contributed by atoms with Crippen LogP contribution in [0.25, 0.3) is 0 Å². The first-order valence-corrected chi connectivity index (χ1v) is 8.92. The summed E-state index contributed by atoms with van der Waals surface area (Å²) in [6.07, 6.45) is 0.554. The van der Waals surface area contributed by atoms with E-state index in [2.05, 4.69) is 27.4 Å². The number of amides is 1. The Morgan fingerprint density at radius 2 is 2.11 bits per heavy atom. The smallest absolute Gasteiger partial charge is 0.412 e. The van der Waals surface area contributed by atoms with E-state index in [1.807, 2.05) is 0 Å². The normalized spacial score (nSPS) is 25.9. The SMILES string of the molecule is C=CCc1nnnn1C1COC2C(OC(=O)Nc3ccc(OC)cc3)COC21. The Hall–Kier alpha value is -2.98. The third-order valence-corrected chi connectivity index (χ3v) is 4.78. The molecule has 0 radical (unpaired) electrons. The third-order valence-electron chi connectivity index (χ3n) is 4.78. The first-order valence-electron chi connectivity index (χ1n) is 8.92. The van der Waals surface area contributed by atoms with Crippen LogP contribution >= 0.6 is 0 Å². The molecule has 2 saturated heterocycles. The lowest BCUT2D eigenvalue weighted by atomic mass is 10.1. The van der Waals surface area contributed by atoms with Crippen molar-refractivity contribution in [2.24, 2.45) is 0 Å². The number of hydrogen-bond donors (Lipinski definition) is 1. The van der Waals surface area contributed by atoms with Gasteiger partial charge in [-0.3, -0.25) is 5.32 Å². The predicted molar refractivity (Wildman–Crippen MR) is 97.1 cm³/mol. The number of ether oxygens (including phenoxy) is 4. The number of hydrogen-bond acceptors (Lipinski definition) is 8. The minimum absolute atomic E-state index is 0.173. The highest BCUT2D eigenvalue weighted by Gasteiger charge is 2.51. The fourth-order valence-corrected chi connectivity index (χ4v) is 3.45. The van der Waals surface area contributed by atoms with E-state index in [1.54, 1.807) is 42.1 Å². The van der Waals surface area contributed by atoms with E-state index in [1.165, 1.54) is 0 Å². The van der Waals surface area contributed by atoms with Crippen LogP contribution in [0.4, 0.5) is 10.5 Å². The maximum atomic E-state index is 12.2. The van der Waals surface area contributed by atoms with E-state index in [9.17, 15) is 4.79 Å². The van der Waals surface area contributed by atoms with Crippen molar-refractivity contribution >= 4 is 11.8 Å². The van der Waals surface area contributed by atoms with Gasteiger partial charge in [0.25, 0.3) is 0 Å². The van der Waals surface area contributed by atoms with Crippen LogP contribution in [0.15, 0.2) is 36.9 Å². The van der Waals surface area contributed by atoms with Gasteiger partial charge in [0.05, 0.1) is 20.3 Å². The van der Waals surface area contributed by atoms with E-state index in [0.717, 1.165) is 0 Å². The molecule has 0 saturated carbocycles. The molecule has 3 heterocycles. The van der Waals surface area contributed by atoms with Gasteiger partial charge in [0.2, 0.25) is 0 Å². The molecule has 2 fully saturated rings. The second kappa shape index (κ2) is 7.95. The zero-order chi connectivity index (χ0) is 19.5. The Kier molecular flexibility index (Phi) is 5.22. The number of anilines is 1. The van der Waals surface area contributed by atoms with Gasteiger partial charge in [-0.1, -0.05) is 6.08 Å². The zero-order valence-electron chi connectivity index (χ0n) is 15.4. The molecule has 4 unspecified atom stereocenters. The molecular formula is C18H21N5O5.